The highest BCUT2D eigenvalue weighted by Crippen LogP contribution is 2.33. The van der Waals surface area contributed by atoms with Crippen molar-refractivity contribution in [3.8, 4) is 0 Å². The summed E-state index contributed by atoms with van der Waals surface area (Å²) in [4.78, 5) is 28.6. The number of pyridine rings is 1. The summed E-state index contributed by atoms with van der Waals surface area (Å²) < 4.78 is 0.598. The SMILES string of the molecule is O=C(c1ccc[n+]([O-])c1)N1CC(=O)N2CCc3ccccc3C2C1. The van der Waals surface area contributed by atoms with Gasteiger partial charge in [-0.15, -0.1) is 0 Å². The highest BCUT2D eigenvalue weighted by Gasteiger charge is 2.38. The van der Waals surface area contributed by atoms with Gasteiger partial charge in [0.15, 0.2) is 12.4 Å². The molecule has 122 valence electrons. The minimum absolute atomic E-state index is 0.0416. The van der Waals surface area contributed by atoms with Gasteiger partial charge in [-0.1, -0.05) is 24.3 Å². The number of aromatic nitrogens is 1. The molecule has 1 fully saturated rings. The van der Waals surface area contributed by atoms with E-state index in [1.807, 2.05) is 23.1 Å². The molecule has 24 heavy (non-hydrogen) atoms. The van der Waals surface area contributed by atoms with Crippen LogP contribution in [0.25, 0.3) is 0 Å². The molecule has 2 amide bonds. The molecule has 1 aromatic heterocycles. The van der Waals surface area contributed by atoms with E-state index in [2.05, 4.69) is 6.07 Å². The Balaban J connectivity index is 1.65. The maximum absolute atomic E-state index is 12.7. The average Bonchev–Trinajstić information content (AvgIpc) is 2.61. The third kappa shape index (κ3) is 2.40. The first kappa shape index (κ1) is 14.7. The zero-order valence-electron chi connectivity index (χ0n) is 13.1. The van der Waals surface area contributed by atoms with Gasteiger partial charge in [0.1, 0.15) is 12.1 Å². The first-order valence-electron chi connectivity index (χ1n) is 7.99. The number of carbonyl (C=O) groups excluding carboxylic acids is 2. The summed E-state index contributed by atoms with van der Waals surface area (Å²) in [6, 6.07) is 11.1. The molecule has 1 unspecified atom stereocenters. The van der Waals surface area contributed by atoms with Crippen molar-refractivity contribution < 1.29 is 14.3 Å². The van der Waals surface area contributed by atoms with Crippen LogP contribution in [0, 0.1) is 5.21 Å². The smallest absolute Gasteiger partial charge is 0.260 e. The fourth-order valence-corrected chi connectivity index (χ4v) is 3.59. The van der Waals surface area contributed by atoms with Crippen LogP contribution in [0.4, 0.5) is 0 Å². The summed E-state index contributed by atoms with van der Waals surface area (Å²) in [5, 5.41) is 11.4. The zero-order valence-corrected chi connectivity index (χ0v) is 13.1. The topological polar surface area (TPSA) is 67.6 Å². The monoisotopic (exact) mass is 323 g/mol. The highest BCUT2D eigenvalue weighted by molar-refractivity contribution is 5.96. The van der Waals surface area contributed by atoms with Crippen LogP contribution in [0.2, 0.25) is 0 Å². The van der Waals surface area contributed by atoms with E-state index >= 15 is 0 Å². The average molecular weight is 323 g/mol. The van der Waals surface area contributed by atoms with Crippen molar-refractivity contribution in [2.24, 2.45) is 0 Å². The summed E-state index contributed by atoms with van der Waals surface area (Å²) in [6.45, 7) is 1.20. The van der Waals surface area contributed by atoms with Crippen LogP contribution >= 0.6 is 0 Å². The maximum Gasteiger partial charge on any atom is 0.260 e. The van der Waals surface area contributed by atoms with Crippen molar-refractivity contribution in [2.75, 3.05) is 19.6 Å². The second kappa shape index (κ2) is 5.63. The predicted octanol–water partition coefficient (Wildman–Crippen LogP) is 0.902. The van der Waals surface area contributed by atoms with Crippen molar-refractivity contribution in [1.82, 2.24) is 9.80 Å². The van der Waals surface area contributed by atoms with E-state index in [-0.39, 0.29) is 24.4 Å². The summed E-state index contributed by atoms with van der Waals surface area (Å²) >= 11 is 0. The van der Waals surface area contributed by atoms with Crippen molar-refractivity contribution in [3.05, 3.63) is 70.7 Å². The van der Waals surface area contributed by atoms with E-state index in [1.165, 1.54) is 24.0 Å². The first-order chi connectivity index (χ1) is 11.6. The van der Waals surface area contributed by atoms with Gasteiger partial charge < -0.3 is 15.0 Å². The lowest BCUT2D eigenvalue weighted by Crippen LogP contribution is -2.55. The number of piperazine rings is 1. The van der Waals surface area contributed by atoms with Crippen molar-refractivity contribution in [2.45, 2.75) is 12.5 Å². The number of fused-ring (bicyclic) bond motifs is 3. The molecule has 0 bridgehead atoms. The molecule has 1 aromatic carbocycles. The van der Waals surface area contributed by atoms with E-state index < -0.39 is 0 Å². The molecule has 6 nitrogen and oxygen atoms in total. The number of amides is 2. The molecule has 1 atom stereocenters. The molecular weight excluding hydrogens is 306 g/mol. The van der Waals surface area contributed by atoms with E-state index in [0.717, 1.165) is 12.0 Å². The standard InChI is InChI=1S/C18H17N3O3/c22-17-12-19(18(23)14-5-3-8-20(24)10-14)11-16-15-6-2-1-4-13(15)7-9-21(16)17/h1-6,8,10,16H,7,9,11-12H2. The fourth-order valence-electron chi connectivity index (χ4n) is 3.59. The molecule has 0 aliphatic carbocycles. The minimum atomic E-state index is -0.281. The normalized spacial score (nSPS) is 19.7. The van der Waals surface area contributed by atoms with E-state index in [9.17, 15) is 14.8 Å². The Kier molecular flexibility index (Phi) is 3.45. The number of carbonyl (C=O) groups is 2. The molecule has 0 saturated carbocycles. The van der Waals surface area contributed by atoms with Gasteiger partial charge >= 0.3 is 0 Å². The molecule has 2 aliphatic rings. The van der Waals surface area contributed by atoms with Gasteiger partial charge in [0.05, 0.1) is 6.04 Å². The second-order valence-corrected chi connectivity index (χ2v) is 6.19. The molecule has 2 aliphatic heterocycles. The quantitative estimate of drug-likeness (QED) is 0.578. The van der Waals surface area contributed by atoms with Crippen molar-refractivity contribution in [1.29, 1.82) is 0 Å². The van der Waals surface area contributed by atoms with Crippen LogP contribution in [-0.4, -0.2) is 41.2 Å². The van der Waals surface area contributed by atoms with Gasteiger partial charge in [0.25, 0.3) is 5.91 Å². The highest BCUT2D eigenvalue weighted by atomic mass is 16.5. The lowest BCUT2D eigenvalue weighted by Gasteiger charge is -2.44. The van der Waals surface area contributed by atoms with Crippen LogP contribution in [0.5, 0.6) is 0 Å². The third-order valence-electron chi connectivity index (χ3n) is 4.76. The minimum Gasteiger partial charge on any atom is -0.619 e. The van der Waals surface area contributed by atoms with Gasteiger partial charge in [0.2, 0.25) is 5.91 Å². The van der Waals surface area contributed by atoms with Crippen LogP contribution in [0.1, 0.15) is 27.5 Å². The Labute approximate surface area is 139 Å². The van der Waals surface area contributed by atoms with Gasteiger partial charge in [-0.2, -0.15) is 4.73 Å². The molecule has 6 heteroatoms. The Morgan fingerprint density at radius 3 is 2.88 bits per heavy atom. The van der Waals surface area contributed by atoms with E-state index in [4.69, 9.17) is 0 Å². The Hall–Kier alpha value is -2.89. The molecule has 1 saturated heterocycles. The molecule has 4 rings (SSSR count). The fraction of sp³-hybridized carbons (Fsp3) is 0.278. The van der Waals surface area contributed by atoms with Gasteiger partial charge in [-0.05, 0) is 23.6 Å². The van der Waals surface area contributed by atoms with Crippen molar-refractivity contribution >= 4 is 11.8 Å². The Morgan fingerprint density at radius 2 is 2.04 bits per heavy atom. The Morgan fingerprint density at radius 1 is 1.21 bits per heavy atom. The summed E-state index contributed by atoms with van der Waals surface area (Å²) in [7, 11) is 0. The summed E-state index contributed by atoms with van der Waals surface area (Å²) in [5.74, 6) is -0.323. The number of nitrogens with zero attached hydrogens (tertiary/aromatic N) is 3. The second-order valence-electron chi connectivity index (χ2n) is 6.19. The summed E-state index contributed by atoms with van der Waals surface area (Å²) in [6.07, 6.45) is 3.42. The van der Waals surface area contributed by atoms with Crippen LogP contribution in [-0.2, 0) is 11.2 Å². The predicted molar refractivity (Wildman–Crippen MR) is 85.9 cm³/mol. The molecule has 0 radical (unpaired) electrons. The number of rotatable bonds is 1. The first-order valence-corrected chi connectivity index (χ1v) is 7.99. The van der Waals surface area contributed by atoms with Crippen LogP contribution < -0.4 is 4.73 Å². The van der Waals surface area contributed by atoms with Gasteiger partial charge in [-0.25, -0.2) is 0 Å². The lowest BCUT2D eigenvalue weighted by atomic mass is 9.90. The number of hydrogen-bond donors (Lipinski definition) is 0. The van der Waals surface area contributed by atoms with Crippen LogP contribution in [0.15, 0.2) is 48.8 Å². The van der Waals surface area contributed by atoms with E-state index in [1.54, 1.807) is 11.0 Å². The number of benzene rings is 1. The van der Waals surface area contributed by atoms with Crippen molar-refractivity contribution in [3.63, 3.8) is 0 Å². The summed E-state index contributed by atoms with van der Waals surface area (Å²) in [5.41, 5.74) is 2.65. The third-order valence-corrected chi connectivity index (χ3v) is 4.76. The van der Waals surface area contributed by atoms with Gasteiger partial charge in [0, 0.05) is 19.2 Å². The number of hydrogen-bond acceptors (Lipinski definition) is 3. The maximum atomic E-state index is 12.7. The molecule has 0 spiro atoms. The molecule has 3 heterocycles. The Bertz CT molecular complexity index is 821. The molecule has 0 N–H and O–H groups in total. The molecule has 2 aromatic rings. The van der Waals surface area contributed by atoms with Gasteiger partial charge in [-0.3, -0.25) is 9.59 Å². The molecular formula is C18H17N3O3. The zero-order chi connectivity index (χ0) is 16.7. The lowest BCUT2D eigenvalue weighted by molar-refractivity contribution is -0.605. The van der Waals surface area contributed by atoms with Crippen LogP contribution in [0.3, 0.4) is 0 Å². The largest absolute Gasteiger partial charge is 0.619 e. The van der Waals surface area contributed by atoms with E-state index in [0.29, 0.717) is 23.4 Å².